The molecule has 6 nitrogen and oxygen atoms in total. The van der Waals surface area contributed by atoms with Crippen molar-refractivity contribution in [2.24, 2.45) is 0 Å². The van der Waals surface area contributed by atoms with Crippen molar-refractivity contribution < 1.29 is 4.42 Å². The number of hydrogen-bond acceptors (Lipinski definition) is 4. The first-order chi connectivity index (χ1) is 28.3. The average Bonchev–Trinajstić information content (AvgIpc) is 3.95. The van der Waals surface area contributed by atoms with E-state index in [0.29, 0.717) is 17.6 Å². The third kappa shape index (κ3) is 4.74. The van der Waals surface area contributed by atoms with E-state index in [-0.39, 0.29) is 0 Å². The van der Waals surface area contributed by atoms with Gasteiger partial charge in [0.25, 0.3) is 0 Å². The van der Waals surface area contributed by atoms with Crippen molar-refractivity contribution in [1.82, 2.24) is 24.1 Å². The second kappa shape index (κ2) is 12.3. The fourth-order valence-electron chi connectivity index (χ4n) is 8.70. The smallest absolute Gasteiger partial charge is 0.238 e. The summed E-state index contributed by atoms with van der Waals surface area (Å²) in [5.74, 6) is 1.78. The van der Waals surface area contributed by atoms with Crippen molar-refractivity contribution in [3.05, 3.63) is 188 Å². The molecule has 6 heteroatoms. The Kier molecular flexibility index (Phi) is 6.83. The van der Waals surface area contributed by atoms with Gasteiger partial charge in [-0.2, -0.15) is 9.97 Å². The van der Waals surface area contributed by atoms with Crippen LogP contribution in [0.5, 0.6) is 0 Å². The van der Waals surface area contributed by atoms with Crippen LogP contribution < -0.4 is 0 Å². The largest absolute Gasteiger partial charge is 0.455 e. The number of aromatic nitrogens is 5. The van der Waals surface area contributed by atoms with Crippen LogP contribution in [0.2, 0.25) is 0 Å². The van der Waals surface area contributed by atoms with Crippen molar-refractivity contribution >= 4 is 65.6 Å². The lowest BCUT2D eigenvalue weighted by Crippen LogP contribution is -2.07. The normalized spacial score (nSPS) is 11.9. The van der Waals surface area contributed by atoms with Gasteiger partial charge in [-0.15, -0.1) is 0 Å². The monoisotopic (exact) mass is 729 g/mol. The number of rotatable bonds is 5. The molecule has 266 valence electrons. The summed E-state index contributed by atoms with van der Waals surface area (Å²) in [5, 5.41) is 6.65. The van der Waals surface area contributed by atoms with Gasteiger partial charge in [-0.25, -0.2) is 4.98 Å². The van der Waals surface area contributed by atoms with E-state index < -0.39 is 0 Å². The first kappa shape index (κ1) is 31.5. The first-order valence-corrected chi connectivity index (χ1v) is 19.1. The molecule has 12 rings (SSSR count). The molecule has 0 aliphatic carbocycles. The first-order valence-electron chi connectivity index (χ1n) is 19.1. The molecule has 0 saturated heterocycles. The van der Waals surface area contributed by atoms with Gasteiger partial charge in [-0.3, -0.25) is 4.57 Å². The molecule has 0 N–H and O–H groups in total. The number of fused-ring (bicyclic) bond motifs is 10. The van der Waals surface area contributed by atoms with Crippen LogP contribution in [0, 0.1) is 0 Å². The van der Waals surface area contributed by atoms with Crippen LogP contribution in [-0.2, 0) is 0 Å². The summed E-state index contributed by atoms with van der Waals surface area (Å²) in [7, 11) is 0. The minimum Gasteiger partial charge on any atom is -0.455 e. The van der Waals surface area contributed by atoms with Crippen LogP contribution in [0.1, 0.15) is 0 Å². The van der Waals surface area contributed by atoms with Gasteiger partial charge in [0, 0.05) is 43.6 Å². The van der Waals surface area contributed by atoms with Gasteiger partial charge >= 0.3 is 0 Å². The summed E-state index contributed by atoms with van der Waals surface area (Å²) in [4.78, 5) is 15.6. The fraction of sp³-hybridized carbons (Fsp3) is 0. The van der Waals surface area contributed by atoms with Gasteiger partial charge in [-0.05, 0) is 35.9 Å². The molecular formula is C51H31N5O. The molecular weight excluding hydrogens is 699 g/mol. The second-order valence-corrected chi connectivity index (χ2v) is 14.4. The van der Waals surface area contributed by atoms with Gasteiger partial charge < -0.3 is 8.98 Å². The Hall–Kier alpha value is -7.83. The van der Waals surface area contributed by atoms with E-state index in [2.05, 4.69) is 149 Å². The molecule has 0 aliphatic rings. The van der Waals surface area contributed by atoms with Gasteiger partial charge in [0.05, 0.1) is 33.1 Å². The van der Waals surface area contributed by atoms with Crippen molar-refractivity contribution in [3.63, 3.8) is 0 Å². The van der Waals surface area contributed by atoms with E-state index in [1.165, 1.54) is 0 Å². The maximum absolute atomic E-state index is 6.79. The highest BCUT2D eigenvalue weighted by molar-refractivity contribution is 6.25. The summed E-state index contributed by atoms with van der Waals surface area (Å²) in [5.41, 5.74) is 10.9. The molecule has 0 saturated carbocycles. The van der Waals surface area contributed by atoms with Crippen molar-refractivity contribution in [2.45, 2.75) is 0 Å². The molecule has 0 radical (unpaired) electrons. The standard InChI is InChI=1S/C51H31N5O/c1-4-16-32(17-5-1)35-30-31-43(45-40-24-12-15-27-44(40)57-48(35)45)55-41-25-13-10-22-36(41)38-28-29-39-37-23-11-14-26-42(37)56(47(39)46(38)55)51-53-49(33-18-6-2-7-19-33)52-50(54-51)34-20-8-3-9-21-34/h1-31H. The second-order valence-electron chi connectivity index (χ2n) is 14.4. The predicted octanol–water partition coefficient (Wildman–Crippen LogP) is 13.0. The summed E-state index contributed by atoms with van der Waals surface area (Å²) in [6.45, 7) is 0. The molecule has 4 aromatic heterocycles. The van der Waals surface area contributed by atoms with Crippen LogP contribution >= 0.6 is 0 Å². The Labute approximate surface area is 326 Å². The summed E-state index contributed by atoms with van der Waals surface area (Å²) in [6, 6.07) is 65.4. The van der Waals surface area contributed by atoms with Crippen molar-refractivity contribution in [3.8, 4) is 45.5 Å². The minimum atomic E-state index is 0.552. The number of furan rings is 1. The number of hydrogen-bond donors (Lipinski definition) is 0. The molecule has 0 atom stereocenters. The quantitative estimate of drug-likeness (QED) is 0.177. The highest BCUT2D eigenvalue weighted by atomic mass is 16.3. The number of para-hydroxylation sites is 3. The highest BCUT2D eigenvalue weighted by Crippen LogP contribution is 2.45. The maximum Gasteiger partial charge on any atom is 0.238 e. The Morgan fingerprint density at radius 2 is 0.860 bits per heavy atom. The highest BCUT2D eigenvalue weighted by Gasteiger charge is 2.25. The summed E-state index contributed by atoms with van der Waals surface area (Å²) < 4.78 is 11.5. The molecule has 12 aromatic rings. The minimum absolute atomic E-state index is 0.552. The Bertz CT molecular complexity index is 3450. The van der Waals surface area contributed by atoms with Gasteiger partial charge in [0.15, 0.2) is 11.6 Å². The zero-order chi connectivity index (χ0) is 37.5. The van der Waals surface area contributed by atoms with Crippen LogP contribution in [0.3, 0.4) is 0 Å². The van der Waals surface area contributed by atoms with E-state index in [4.69, 9.17) is 19.4 Å². The summed E-state index contributed by atoms with van der Waals surface area (Å²) >= 11 is 0. The Morgan fingerprint density at radius 1 is 0.368 bits per heavy atom. The Morgan fingerprint density at radius 3 is 1.47 bits per heavy atom. The van der Waals surface area contributed by atoms with Crippen molar-refractivity contribution in [1.29, 1.82) is 0 Å². The molecule has 0 spiro atoms. The molecule has 4 heterocycles. The number of nitrogens with zero attached hydrogens (tertiary/aromatic N) is 5. The van der Waals surface area contributed by atoms with E-state index in [1.807, 2.05) is 48.5 Å². The lowest BCUT2D eigenvalue weighted by Gasteiger charge is -2.15. The van der Waals surface area contributed by atoms with Crippen LogP contribution in [0.15, 0.2) is 192 Å². The van der Waals surface area contributed by atoms with E-state index in [0.717, 1.165) is 93.5 Å². The molecule has 0 fully saturated rings. The molecule has 0 unspecified atom stereocenters. The number of benzene rings is 8. The van der Waals surface area contributed by atoms with E-state index >= 15 is 0 Å². The third-order valence-electron chi connectivity index (χ3n) is 11.2. The van der Waals surface area contributed by atoms with Gasteiger partial charge in [-0.1, -0.05) is 158 Å². The average molecular weight is 730 g/mol. The van der Waals surface area contributed by atoms with Gasteiger partial charge in [0.1, 0.15) is 11.2 Å². The zero-order valence-corrected chi connectivity index (χ0v) is 30.5. The maximum atomic E-state index is 6.79. The van der Waals surface area contributed by atoms with Crippen LogP contribution in [-0.4, -0.2) is 24.1 Å². The topological polar surface area (TPSA) is 61.7 Å². The molecule has 0 amide bonds. The summed E-state index contributed by atoms with van der Waals surface area (Å²) in [6.07, 6.45) is 0. The lowest BCUT2D eigenvalue weighted by molar-refractivity contribution is 0.670. The van der Waals surface area contributed by atoms with E-state index in [9.17, 15) is 0 Å². The van der Waals surface area contributed by atoms with Crippen LogP contribution in [0.4, 0.5) is 0 Å². The fourth-order valence-corrected chi connectivity index (χ4v) is 8.70. The molecule has 0 bridgehead atoms. The SMILES string of the molecule is c1ccc(-c2nc(-c3ccccc3)nc(-n3c4ccccc4c4ccc5c6ccccc6n(-c6ccc(-c7ccccc7)c7oc8ccccc8c67)c5c43)n2)cc1. The predicted molar refractivity (Wildman–Crippen MR) is 232 cm³/mol. The van der Waals surface area contributed by atoms with Crippen LogP contribution in [0.25, 0.3) is 111 Å². The van der Waals surface area contributed by atoms with Crippen molar-refractivity contribution in [2.75, 3.05) is 0 Å². The molecule has 8 aromatic carbocycles. The van der Waals surface area contributed by atoms with Gasteiger partial charge in [0.2, 0.25) is 5.95 Å². The molecule has 57 heavy (non-hydrogen) atoms. The zero-order valence-electron chi connectivity index (χ0n) is 30.5. The molecule has 0 aliphatic heterocycles. The lowest BCUT2D eigenvalue weighted by atomic mass is 10.0. The Balaban J connectivity index is 1.26. The van der Waals surface area contributed by atoms with E-state index in [1.54, 1.807) is 0 Å². The third-order valence-corrected chi connectivity index (χ3v) is 11.2.